The molecule has 0 aliphatic rings. The van der Waals surface area contributed by atoms with Gasteiger partial charge in [-0.3, -0.25) is 0 Å². The highest BCUT2D eigenvalue weighted by atomic mass is 16.3. The molecule has 0 saturated carbocycles. The predicted octanol–water partition coefficient (Wildman–Crippen LogP) is 0.768. The average Bonchev–Trinajstić information content (AvgIpc) is 2.40. The molecule has 1 aromatic heterocycles. The molecule has 0 fully saturated rings. The summed E-state index contributed by atoms with van der Waals surface area (Å²) in [4.78, 5) is 16.1. The number of rotatable bonds is 7. The SMILES string of the molecule is [N-]=[N+]=Nc1nc(N=[N+]=[N-])nc(NCC(CO)CO)n1. The van der Waals surface area contributed by atoms with Crippen molar-refractivity contribution in [2.45, 2.75) is 0 Å². The van der Waals surface area contributed by atoms with Gasteiger partial charge in [0, 0.05) is 35.5 Å². The number of azide groups is 2. The Morgan fingerprint density at radius 2 is 1.58 bits per heavy atom. The Labute approximate surface area is 106 Å². The average molecular weight is 266 g/mol. The highest BCUT2D eigenvalue weighted by Gasteiger charge is 2.08. The van der Waals surface area contributed by atoms with Crippen LogP contribution in [0.25, 0.3) is 20.9 Å². The summed E-state index contributed by atoms with van der Waals surface area (Å²) in [5, 5.41) is 26.8. The van der Waals surface area contributed by atoms with Crippen molar-refractivity contribution in [3.8, 4) is 0 Å². The molecule has 0 aliphatic heterocycles. The third-order valence-corrected chi connectivity index (χ3v) is 1.95. The van der Waals surface area contributed by atoms with Crippen LogP contribution < -0.4 is 5.32 Å². The smallest absolute Gasteiger partial charge is 0.226 e. The van der Waals surface area contributed by atoms with Crippen molar-refractivity contribution in [1.29, 1.82) is 0 Å². The Kier molecular flexibility index (Phi) is 5.79. The lowest BCUT2D eigenvalue weighted by Crippen LogP contribution is -2.22. The zero-order valence-electron chi connectivity index (χ0n) is 9.62. The predicted molar refractivity (Wildman–Crippen MR) is 63.6 cm³/mol. The normalized spacial score (nSPS) is 9.63. The molecule has 12 nitrogen and oxygen atoms in total. The van der Waals surface area contributed by atoms with Gasteiger partial charge in [-0.1, -0.05) is 0 Å². The van der Waals surface area contributed by atoms with Crippen LogP contribution in [0, 0.1) is 5.92 Å². The number of nitrogens with zero attached hydrogens (tertiary/aromatic N) is 9. The molecule has 0 radical (unpaired) electrons. The summed E-state index contributed by atoms with van der Waals surface area (Å²) < 4.78 is 0. The first-order valence-electron chi connectivity index (χ1n) is 5.05. The van der Waals surface area contributed by atoms with Crippen LogP contribution in [0.15, 0.2) is 10.2 Å². The topological polar surface area (TPSA) is 189 Å². The molecule has 0 spiro atoms. The first-order chi connectivity index (χ1) is 9.23. The Morgan fingerprint density at radius 3 is 2.00 bits per heavy atom. The zero-order valence-corrected chi connectivity index (χ0v) is 9.62. The maximum atomic E-state index is 8.90. The van der Waals surface area contributed by atoms with Gasteiger partial charge in [0.1, 0.15) is 0 Å². The van der Waals surface area contributed by atoms with Crippen LogP contribution in [-0.2, 0) is 0 Å². The van der Waals surface area contributed by atoms with E-state index in [0.29, 0.717) is 0 Å². The zero-order chi connectivity index (χ0) is 14.1. The molecule has 100 valence electrons. The second-order valence-electron chi connectivity index (χ2n) is 3.25. The fourth-order valence-corrected chi connectivity index (χ4v) is 1.02. The minimum Gasteiger partial charge on any atom is -0.396 e. The van der Waals surface area contributed by atoms with E-state index in [-0.39, 0.29) is 37.6 Å². The summed E-state index contributed by atoms with van der Waals surface area (Å²) in [6.45, 7) is -0.260. The van der Waals surface area contributed by atoms with Gasteiger partial charge in [0.05, 0.1) is 0 Å². The second kappa shape index (κ2) is 7.63. The summed E-state index contributed by atoms with van der Waals surface area (Å²) in [6, 6.07) is 0. The second-order valence-corrected chi connectivity index (χ2v) is 3.25. The first kappa shape index (κ1) is 14.4. The minimum absolute atomic E-state index is 0.00620. The van der Waals surface area contributed by atoms with Crippen LogP contribution in [-0.4, -0.2) is 44.9 Å². The van der Waals surface area contributed by atoms with Gasteiger partial charge in [0.25, 0.3) is 0 Å². The molecule has 1 aromatic rings. The number of hydrogen-bond donors (Lipinski definition) is 3. The van der Waals surface area contributed by atoms with E-state index in [0.717, 1.165) is 0 Å². The van der Waals surface area contributed by atoms with Crippen molar-refractivity contribution in [1.82, 2.24) is 15.0 Å². The van der Waals surface area contributed by atoms with Gasteiger partial charge in [-0.25, -0.2) is 4.98 Å². The molecule has 0 unspecified atom stereocenters. The Morgan fingerprint density at radius 1 is 1.05 bits per heavy atom. The standard InChI is InChI=1S/C7H10N10O2/c8-16-14-6-11-5(10-1-4(2-18)3-19)12-7(13-6)15-17-9/h4,18-19H,1-3H2,(H,10,11,12,13). The van der Waals surface area contributed by atoms with E-state index in [4.69, 9.17) is 21.3 Å². The van der Waals surface area contributed by atoms with Crippen LogP contribution >= 0.6 is 0 Å². The molecule has 19 heavy (non-hydrogen) atoms. The molecule has 0 aliphatic carbocycles. The maximum Gasteiger partial charge on any atom is 0.226 e. The molecule has 0 saturated heterocycles. The highest BCUT2D eigenvalue weighted by molar-refractivity contribution is 5.36. The van der Waals surface area contributed by atoms with E-state index in [1.54, 1.807) is 0 Å². The molecule has 0 bridgehead atoms. The number of aliphatic hydroxyl groups is 2. The number of anilines is 1. The van der Waals surface area contributed by atoms with Crippen molar-refractivity contribution in [2.75, 3.05) is 25.1 Å². The molecule has 1 rings (SSSR count). The van der Waals surface area contributed by atoms with Gasteiger partial charge in [-0.05, 0) is 21.3 Å². The van der Waals surface area contributed by atoms with Gasteiger partial charge in [-0.2, -0.15) is 9.97 Å². The molecular weight excluding hydrogens is 256 g/mol. The van der Waals surface area contributed by atoms with Gasteiger partial charge in [0.2, 0.25) is 17.8 Å². The molecule has 0 atom stereocenters. The molecule has 0 aromatic carbocycles. The van der Waals surface area contributed by atoms with E-state index >= 15 is 0 Å². The third-order valence-electron chi connectivity index (χ3n) is 1.95. The van der Waals surface area contributed by atoms with E-state index in [2.05, 4.69) is 40.3 Å². The Bertz CT molecular complexity index is 480. The lowest BCUT2D eigenvalue weighted by Gasteiger charge is -2.11. The molecule has 12 heteroatoms. The van der Waals surface area contributed by atoms with E-state index in [9.17, 15) is 0 Å². The molecule has 3 N–H and O–H groups in total. The maximum absolute atomic E-state index is 8.90. The molecule has 0 amide bonds. The van der Waals surface area contributed by atoms with Crippen LogP contribution in [0.3, 0.4) is 0 Å². The van der Waals surface area contributed by atoms with Gasteiger partial charge >= 0.3 is 0 Å². The van der Waals surface area contributed by atoms with Crippen molar-refractivity contribution in [3.63, 3.8) is 0 Å². The fraction of sp³-hybridized carbons (Fsp3) is 0.571. The van der Waals surface area contributed by atoms with E-state index < -0.39 is 5.92 Å². The van der Waals surface area contributed by atoms with Crippen LogP contribution in [0.2, 0.25) is 0 Å². The van der Waals surface area contributed by atoms with E-state index in [1.807, 2.05) is 0 Å². The largest absolute Gasteiger partial charge is 0.396 e. The van der Waals surface area contributed by atoms with Gasteiger partial charge in [-0.15, -0.1) is 0 Å². The van der Waals surface area contributed by atoms with Crippen molar-refractivity contribution in [3.05, 3.63) is 20.9 Å². The highest BCUT2D eigenvalue weighted by Crippen LogP contribution is 2.14. The summed E-state index contributed by atoms with van der Waals surface area (Å²) >= 11 is 0. The van der Waals surface area contributed by atoms with Crippen LogP contribution in [0.1, 0.15) is 0 Å². The van der Waals surface area contributed by atoms with Gasteiger partial charge < -0.3 is 15.5 Å². The Hall–Kier alpha value is -2.65. The van der Waals surface area contributed by atoms with Crippen LogP contribution in [0.5, 0.6) is 0 Å². The van der Waals surface area contributed by atoms with E-state index in [1.165, 1.54) is 0 Å². The van der Waals surface area contributed by atoms with Crippen molar-refractivity contribution in [2.24, 2.45) is 16.1 Å². The minimum atomic E-state index is -0.400. The number of hydrogen-bond acceptors (Lipinski definition) is 8. The first-order valence-corrected chi connectivity index (χ1v) is 5.05. The quantitative estimate of drug-likeness (QED) is 0.370. The van der Waals surface area contributed by atoms with Gasteiger partial charge in [0.15, 0.2) is 0 Å². The summed E-state index contributed by atoms with van der Waals surface area (Å²) in [5.74, 6) is -0.909. The third kappa shape index (κ3) is 4.61. The number of nitrogens with one attached hydrogen (secondary N) is 1. The fourth-order valence-electron chi connectivity index (χ4n) is 1.02. The summed E-state index contributed by atoms with van der Waals surface area (Å²) in [5.41, 5.74) is 16.6. The van der Waals surface area contributed by atoms with Crippen molar-refractivity contribution >= 4 is 17.8 Å². The number of aliphatic hydroxyl groups excluding tert-OH is 2. The summed E-state index contributed by atoms with van der Waals surface area (Å²) in [7, 11) is 0. The lowest BCUT2D eigenvalue weighted by molar-refractivity contribution is 0.157. The molecular formula is C7H10N10O2. The monoisotopic (exact) mass is 266 g/mol. The number of aromatic nitrogens is 3. The Balaban J connectivity index is 2.92. The van der Waals surface area contributed by atoms with Crippen molar-refractivity contribution < 1.29 is 10.2 Å². The van der Waals surface area contributed by atoms with Crippen LogP contribution in [0.4, 0.5) is 17.8 Å². The lowest BCUT2D eigenvalue weighted by atomic mass is 10.2. The molecule has 1 heterocycles. The summed E-state index contributed by atoms with van der Waals surface area (Å²) in [6.07, 6.45) is 0.